The zero-order valence-electron chi connectivity index (χ0n) is 20.7. The van der Waals surface area contributed by atoms with E-state index >= 15 is 0 Å². The molecule has 186 valence electrons. The normalized spacial score (nSPS) is 10.6. The lowest BCUT2D eigenvalue weighted by atomic mass is 9.95. The first-order valence-corrected chi connectivity index (χ1v) is 11.5. The van der Waals surface area contributed by atoms with Gasteiger partial charge in [-0.15, -0.1) is 0 Å². The number of amides is 1. The van der Waals surface area contributed by atoms with Gasteiger partial charge in [-0.1, -0.05) is 38.6 Å². The lowest BCUT2D eigenvalue weighted by Gasteiger charge is -2.16. The molecule has 8 nitrogen and oxygen atoms in total. The molecule has 0 aliphatic carbocycles. The third-order valence-corrected chi connectivity index (χ3v) is 5.51. The molecule has 0 fully saturated rings. The third-order valence-electron chi connectivity index (χ3n) is 5.51. The van der Waals surface area contributed by atoms with Crippen LogP contribution in [0.3, 0.4) is 0 Å². The van der Waals surface area contributed by atoms with E-state index in [9.17, 15) is 9.59 Å². The summed E-state index contributed by atoms with van der Waals surface area (Å²) in [7, 11) is 1.29. The van der Waals surface area contributed by atoms with E-state index in [0.717, 1.165) is 22.4 Å². The first-order chi connectivity index (χ1) is 17.2. The number of hydrogen-bond donors (Lipinski definition) is 4. The largest absolute Gasteiger partial charge is 0.464 e. The molecule has 0 atom stereocenters. The number of pyridine rings is 1. The summed E-state index contributed by atoms with van der Waals surface area (Å²) in [6, 6.07) is 16.3. The monoisotopic (exact) mass is 485 g/mol. The second-order valence-electron chi connectivity index (χ2n) is 8.65. The van der Waals surface area contributed by atoms with E-state index < -0.39 is 5.97 Å². The van der Waals surface area contributed by atoms with Crippen molar-refractivity contribution in [2.24, 2.45) is 11.7 Å². The van der Waals surface area contributed by atoms with Crippen LogP contribution in [-0.2, 0) is 11.3 Å². The van der Waals surface area contributed by atoms with E-state index in [1.807, 2.05) is 44.2 Å². The summed E-state index contributed by atoms with van der Waals surface area (Å²) in [5, 5.41) is 13.7. The second kappa shape index (κ2) is 11.8. The van der Waals surface area contributed by atoms with Gasteiger partial charge in [-0.25, -0.2) is 9.78 Å². The zero-order valence-corrected chi connectivity index (χ0v) is 20.7. The highest BCUT2D eigenvalue weighted by molar-refractivity contribution is 5.99. The molecule has 1 aromatic heterocycles. The Morgan fingerprint density at radius 1 is 1.11 bits per heavy atom. The number of nitrogen functional groups attached to an aromatic ring is 1. The van der Waals surface area contributed by atoms with Crippen molar-refractivity contribution in [3.05, 3.63) is 89.3 Å². The van der Waals surface area contributed by atoms with Gasteiger partial charge in [0.1, 0.15) is 11.5 Å². The van der Waals surface area contributed by atoms with Gasteiger partial charge in [0.05, 0.1) is 7.11 Å². The Hall–Kier alpha value is -4.46. The predicted molar refractivity (Wildman–Crippen MR) is 143 cm³/mol. The quantitative estimate of drug-likeness (QED) is 0.191. The van der Waals surface area contributed by atoms with Crippen molar-refractivity contribution in [1.29, 1.82) is 5.41 Å². The molecule has 0 saturated carbocycles. The molecule has 0 aliphatic rings. The number of ether oxygens (including phenoxy) is 1. The maximum atomic E-state index is 12.7. The van der Waals surface area contributed by atoms with Gasteiger partial charge in [0.2, 0.25) is 0 Å². The van der Waals surface area contributed by atoms with Gasteiger partial charge in [0, 0.05) is 29.9 Å². The Kier molecular flexibility index (Phi) is 8.57. The summed E-state index contributed by atoms with van der Waals surface area (Å²) in [4.78, 5) is 29.6. The zero-order chi connectivity index (χ0) is 26.2. The van der Waals surface area contributed by atoms with Crippen molar-refractivity contribution < 1.29 is 14.3 Å². The lowest BCUT2D eigenvalue weighted by molar-refractivity contribution is 0.0595. The fraction of sp³-hybridized carbons (Fsp3) is 0.214. The number of nitrogens with two attached hydrogens (primary N) is 1. The summed E-state index contributed by atoms with van der Waals surface area (Å²) in [6.07, 6.45) is 1.75. The number of amidine groups is 1. The van der Waals surface area contributed by atoms with E-state index in [1.54, 1.807) is 30.3 Å². The van der Waals surface area contributed by atoms with Crippen molar-refractivity contribution in [2.75, 3.05) is 19.0 Å². The fourth-order valence-corrected chi connectivity index (χ4v) is 3.56. The standard InChI is InChI=1S/C28H31N5O3/c1-5-18-6-11-22(20(14-18)16-31-21-9-7-19(8-10-21)26(29)30)23-12-13-24(27(34)32-15-17(2)3)33-25(23)28(35)36-4/h5-14,17,31H,1,15-16H2,2-4H3,(H3,29,30)(H,32,34). The molecule has 0 unspecified atom stereocenters. The van der Waals surface area contributed by atoms with Crippen LogP contribution < -0.4 is 16.4 Å². The Balaban J connectivity index is 1.98. The smallest absolute Gasteiger partial charge is 0.357 e. The first-order valence-electron chi connectivity index (χ1n) is 11.5. The number of carbonyl (C=O) groups is 2. The molecule has 0 spiro atoms. The number of esters is 1. The van der Waals surface area contributed by atoms with Crippen LogP contribution in [0.25, 0.3) is 17.2 Å². The van der Waals surface area contributed by atoms with Crippen LogP contribution in [0.15, 0.2) is 61.2 Å². The topological polar surface area (TPSA) is 130 Å². The molecular weight excluding hydrogens is 454 g/mol. The number of carbonyl (C=O) groups excluding carboxylic acids is 2. The van der Waals surface area contributed by atoms with Gasteiger partial charge < -0.3 is 21.1 Å². The van der Waals surface area contributed by atoms with E-state index in [2.05, 4.69) is 22.2 Å². The van der Waals surface area contributed by atoms with Crippen molar-refractivity contribution in [3.8, 4) is 11.1 Å². The summed E-state index contributed by atoms with van der Waals surface area (Å²) in [5.41, 5.74) is 10.4. The number of benzene rings is 2. The van der Waals surface area contributed by atoms with Gasteiger partial charge in [0.25, 0.3) is 5.91 Å². The minimum absolute atomic E-state index is 0.00620. The highest BCUT2D eigenvalue weighted by atomic mass is 16.5. The van der Waals surface area contributed by atoms with Gasteiger partial charge in [-0.2, -0.15) is 0 Å². The summed E-state index contributed by atoms with van der Waals surface area (Å²) < 4.78 is 4.98. The minimum atomic E-state index is -0.630. The molecule has 8 heteroatoms. The minimum Gasteiger partial charge on any atom is -0.464 e. The first kappa shape index (κ1) is 26.2. The van der Waals surface area contributed by atoms with Crippen molar-refractivity contribution in [3.63, 3.8) is 0 Å². The molecule has 5 N–H and O–H groups in total. The molecule has 1 heterocycles. The van der Waals surface area contributed by atoms with Gasteiger partial charge in [0.15, 0.2) is 5.69 Å². The van der Waals surface area contributed by atoms with Crippen LogP contribution in [0.4, 0.5) is 5.69 Å². The van der Waals surface area contributed by atoms with E-state index in [0.29, 0.717) is 24.2 Å². The van der Waals surface area contributed by atoms with Gasteiger partial charge in [-0.05, 0) is 65.1 Å². The Morgan fingerprint density at radius 2 is 1.81 bits per heavy atom. The summed E-state index contributed by atoms with van der Waals surface area (Å²) >= 11 is 0. The Labute approximate surface area is 211 Å². The molecule has 0 bridgehead atoms. The predicted octanol–water partition coefficient (Wildman–Crippen LogP) is 4.46. The van der Waals surface area contributed by atoms with Crippen LogP contribution in [0, 0.1) is 11.3 Å². The molecule has 0 aliphatic heterocycles. The van der Waals surface area contributed by atoms with Crippen LogP contribution in [0.5, 0.6) is 0 Å². The van der Waals surface area contributed by atoms with Crippen LogP contribution in [-0.4, -0.2) is 36.4 Å². The number of rotatable bonds is 10. The average molecular weight is 486 g/mol. The van der Waals surface area contributed by atoms with Crippen molar-refractivity contribution in [2.45, 2.75) is 20.4 Å². The average Bonchev–Trinajstić information content (AvgIpc) is 2.89. The van der Waals surface area contributed by atoms with Crippen LogP contribution in [0.2, 0.25) is 0 Å². The second-order valence-corrected chi connectivity index (χ2v) is 8.65. The van der Waals surface area contributed by atoms with Gasteiger partial charge in [-0.3, -0.25) is 10.2 Å². The van der Waals surface area contributed by atoms with Crippen LogP contribution >= 0.6 is 0 Å². The van der Waals surface area contributed by atoms with Crippen molar-refractivity contribution in [1.82, 2.24) is 10.3 Å². The molecule has 3 aromatic rings. The highest BCUT2D eigenvalue weighted by Crippen LogP contribution is 2.29. The maximum Gasteiger partial charge on any atom is 0.357 e. The third kappa shape index (κ3) is 6.35. The summed E-state index contributed by atoms with van der Waals surface area (Å²) in [6.45, 7) is 8.79. The maximum absolute atomic E-state index is 12.7. The number of methoxy groups -OCH3 is 1. The number of hydrogen-bond acceptors (Lipinski definition) is 6. The highest BCUT2D eigenvalue weighted by Gasteiger charge is 2.21. The van der Waals surface area contributed by atoms with Gasteiger partial charge >= 0.3 is 5.97 Å². The Morgan fingerprint density at radius 3 is 2.42 bits per heavy atom. The number of nitrogens with zero attached hydrogens (tertiary/aromatic N) is 1. The lowest BCUT2D eigenvalue weighted by Crippen LogP contribution is -2.28. The summed E-state index contributed by atoms with van der Waals surface area (Å²) in [5.74, 6) is -0.689. The molecule has 36 heavy (non-hydrogen) atoms. The fourth-order valence-electron chi connectivity index (χ4n) is 3.56. The number of nitrogens with one attached hydrogen (secondary N) is 3. The number of aromatic nitrogens is 1. The molecule has 0 saturated heterocycles. The molecule has 2 aromatic carbocycles. The molecule has 1 amide bonds. The molecule has 0 radical (unpaired) electrons. The van der Waals surface area contributed by atoms with E-state index in [4.69, 9.17) is 15.9 Å². The Bertz CT molecular complexity index is 1280. The van der Waals surface area contributed by atoms with E-state index in [-0.39, 0.29) is 29.0 Å². The molecular formula is C28H31N5O3. The number of anilines is 1. The van der Waals surface area contributed by atoms with E-state index in [1.165, 1.54) is 7.11 Å². The van der Waals surface area contributed by atoms with Crippen molar-refractivity contribution >= 4 is 29.5 Å². The SMILES string of the molecule is C=Cc1ccc(-c2ccc(C(=O)NCC(C)C)nc2C(=O)OC)c(CNc2ccc(C(=N)N)cc2)c1. The molecule has 3 rings (SSSR count). The van der Waals surface area contributed by atoms with Crippen LogP contribution in [0.1, 0.15) is 51.5 Å².